The molecule has 182 valence electrons. The van der Waals surface area contributed by atoms with Gasteiger partial charge in [0.2, 0.25) is 4.96 Å². The van der Waals surface area contributed by atoms with Gasteiger partial charge in [0.15, 0.2) is 34.9 Å². The second-order valence-electron chi connectivity index (χ2n) is 8.26. The Kier molecular flexibility index (Phi) is 6.85. The van der Waals surface area contributed by atoms with Crippen LogP contribution in [0.2, 0.25) is 0 Å². The lowest BCUT2D eigenvalue weighted by Gasteiger charge is -2.24. The van der Waals surface area contributed by atoms with Gasteiger partial charge in [-0.15, -0.1) is 5.10 Å². The molecule has 35 heavy (non-hydrogen) atoms. The standard InChI is InChI=1S/C26H27N3O5S/c1-3-4-5-8-13-32-19-12-11-17(14-21(19)31-2)15-23-25(30)29-26(35-23)27-24(28-29)22-16-33-18-9-6-7-10-20(18)34-22/h6-7,9-12,14-15,22H,3-5,8,13,16H2,1-2H3/b23-15-/t22-/m1/s1. The van der Waals surface area contributed by atoms with Crippen molar-refractivity contribution < 1.29 is 18.9 Å². The molecular formula is C26H27N3O5S. The van der Waals surface area contributed by atoms with E-state index in [1.165, 1.54) is 28.7 Å². The molecule has 3 heterocycles. The van der Waals surface area contributed by atoms with Gasteiger partial charge in [0.25, 0.3) is 5.56 Å². The summed E-state index contributed by atoms with van der Waals surface area (Å²) in [4.78, 5) is 18.0. The molecule has 0 saturated carbocycles. The number of para-hydroxylation sites is 2. The highest BCUT2D eigenvalue weighted by Crippen LogP contribution is 2.35. The summed E-state index contributed by atoms with van der Waals surface area (Å²) in [5, 5.41) is 4.41. The van der Waals surface area contributed by atoms with Crippen LogP contribution >= 0.6 is 11.3 Å². The van der Waals surface area contributed by atoms with Gasteiger partial charge in [-0.1, -0.05) is 55.7 Å². The number of hydrogen-bond acceptors (Lipinski definition) is 8. The van der Waals surface area contributed by atoms with Crippen LogP contribution in [-0.4, -0.2) is 34.9 Å². The molecule has 0 radical (unpaired) electrons. The number of fused-ring (bicyclic) bond motifs is 2. The third-order valence-electron chi connectivity index (χ3n) is 5.74. The number of unbranched alkanes of at least 4 members (excludes halogenated alkanes) is 3. The molecule has 0 unspecified atom stereocenters. The van der Waals surface area contributed by atoms with Gasteiger partial charge in [0.05, 0.1) is 18.2 Å². The summed E-state index contributed by atoms with van der Waals surface area (Å²) >= 11 is 1.28. The number of benzene rings is 2. The van der Waals surface area contributed by atoms with Crippen molar-refractivity contribution >= 4 is 22.4 Å². The number of nitrogens with zero attached hydrogens (tertiary/aromatic N) is 3. The Balaban J connectivity index is 1.34. The van der Waals surface area contributed by atoms with Crippen LogP contribution in [0.25, 0.3) is 11.0 Å². The van der Waals surface area contributed by atoms with E-state index in [4.69, 9.17) is 18.9 Å². The van der Waals surface area contributed by atoms with Gasteiger partial charge in [0.1, 0.15) is 6.61 Å². The van der Waals surface area contributed by atoms with E-state index in [0.717, 1.165) is 18.4 Å². The maximum atomic E-state index is 13.0. The van der Waals surface area contributed by atoms with E-state index in [1.807, 2.05) is 48.5 Å². The third-order valence-corrected chi connectivity index (χ3v) is 6.69. The summed E-state index contributed by atoms with van der Waals surface area (Å²) in [7, 11) is 1.61. The fraction of sp³-hybridized carbons (Fsp3) is 0.346. The lowest BCUT2D eigenvalue weighted by molar-refractivity contribution is 0.0852. The number of methoxy groups -OCH3 is 1. The summed E-state index contributed by atoms with van der Waals surface area (Å²) in [5.41, 5.74) is 0.610. The first-order valence-corrected chi connectivity index (χ1v) is 12.6. The first kappa shape index (κ1) is 23.2. The number of hydrogen-bond donors (Lipinski definition) is 0. The predicted molar refractivity (Wildman–Crippen MR) is 134 cm³/mol. The van der Waals surface area contributed by atoms with Gasteiger partial charge in [-0.25, -0.2) is 0 Å². The minimum absolute atomic E-state index is 0.226. The van der Waals surface area contributed by atoms with Crippen molar-refractivity contribution in [1.29, 1.82) is 0 Å². The SMILES string of the molecule is CCCCCCOc1ccc(/C=c2\sc3nc([C@H]4COc5ccccc5O4)nn3c2=O)cc1OC. The molecule has 2 aromatic heterocycles. The van der Waals surface area contributed by atoms with E-state index >= 15 is 0 Å². The summed E-state index contributed by atoms with van der Waals surface area (Å²) in [6, 6.07) is 13.1. The number of ether oxygens (including phenoxy) is 4. The van der Waals surface area contributed by atoms with E-state index < -0.39 is 6.10 Å². The van der Waals surface area contributed by atoms with Crippen molar-refractivity contribution in [3.8, 4) is 23.0 Å². The number of aromatic nitrogens is 3. The van der Waals surface area contributed by atoms with Gasteiger partial charge in [0, 0.05) is 0 Å². The average Bonchev–Trinajstić information content (AvgIpc) is 3.43. The monoisotopic (exact) mass is 493 g/mol. The van der Waals surface area contributed by atoms with Gasteiger partial charge in [-0.05, 0) is 42.3 Å². The minimum Gasteiger partial charge on any atom is -0.493 e. The number of rotatable bonds is 9. The fourth-order valence-electron chi connectivity index (χ4n) is 3.89. The molecule has 0 spiro atoms. The molecule has 4 aromatic rings. The Morgan fingerprint density at radius 3 is 2.80 bits per heavy atom. The van der Waals surface area contributed by atoms with Crippen LogP contribution < -0.4 is 29.0 Å². The average molecular weight is 494 g/mol. The van der Waals surface area contributed by atoms with E-state index in [0.29, 0.717) is 44.9 Å². The molecule has 0 amide bonds. The molecule has 5 rings (SSSR count). The molecule has 2 aromatic carbocycles. The maximum absolute atomic E-state index is 13.0. The van der Waals surface area contributed by atoms with E-state index in [1.54, 1.807) is 7.11 Å². The van der Waals surface area contributed by atoms with Crippen LogP contribution in [0.1, 0.15) is 50.1 Å². The molecule has 0 saturated heterocycles. The van der Waals surface area contributed by atoms with Gasteiger partial charge < -0.3 is 18.9 Å². The molecule has 1 aliphatic heterocycles. The smallest absolute Gasteiger partial charge is 0.291 e. The van der Waals surface area contributed by atoms with E-state index in [-0.39, 0.29) is 12.2 Å². The van der Waals surface area contributed by atoms with Crippen molar-refractivity contribution in [1.82, 2.24) is 14.6 Å². The molecule has 0 bridgehead atoms. The van der Waals surface area contributed by atoms with Gasteiger partial charge in [-0.3, -0.25) is 4.79 Å². The Morgan fingerprint density at radius 2 is 2.00 bits per heavy atom. The van der Waals surface area contributed by atoms with Crippen LogP contribution in [0, 0.1) is 0 Å². The van der Waals surface area contributed by atoms with E-state index in [2.05, 4.69) is 17.0 Å². The van der Waals surface area contributed by atoms with Crippen LogP contribution in [0.3, 0.4) is 0 Å². The molecule has 0 fully saturated rings. The summed E-state index contributed by atoms with van der Waals surface area (Å²) < 4.78 is 25.0. The third kappa shape index (κ3) is 4.95. The normalized spacial score (nSPS) is 15.5. The van der Waals surface area contributed by atoms with Crippen molar-refractivity contribution in [3.63, 3.8) is 0 Å². The summed E-state index contributed by atoms with van der Waals surface area (Å²) in [5.74, 6) is 3.09. The molecular weight excluding hydrogens is 466 g/mol. The highest BCUT2D eigenvalue weighted by Gasteiger charge is 2.27. The van der Waals surface area contributed by atoms with Crippen molar-refractivity contribution in [2.45, 2.75) is 38.7 Å². The Bertz CT molecular complexity index is 1430. The Morgan fingerprint density at radius 1 is 1.14 bits per heavy atom. The van der Waals surface area contributed by atoms with Crippen LogP contribution in [0.15, 0.2) is 47.3 Å². The maximum Gasteiger partial charge on any atom is 0.291 e. The zero-order valence-electron chi connectivity index (χ0n) is 19.7. The summed E-state index contributed by atoms with van der Waals surface area (Å²) in [6.45, 7) is 3.13. The highest BCUT2D eigenvalue weighted by molar-refractivity contribution is 7.15. The minimum atomic E-state index is -0.470. The largest absolute Gasteiger partial charge is 0.493 e. The topological polar surface area (TPSA) is 84.2 Å². The van der Waals surface area contributed by atoms with Gasteiger partial charge >= 0.3 is 0 Å². The molecule has 9 heteroatoms. The highest BCUT2D eigenvalue weighted by atomic mass is 32.1. The first-order valence-electron chi connectivity index (χ1n) is 11.8. The molecule has 0 aliphatic carbocycles. The second kappa shape index (κ2) is 10.4. The van der Waals surface area contributed by atoms with Gasteiger partial charge in [-0.2, -0.15) is 9.50 Å². The fourth-order valence-corrected chi connectivity index (χ4v) is 4.80. The molecule has 1 atom stereocenters. The zero-order valence-corrected chi connectivity index (χ0v) is 20.5. The molecule has 0 N–H and O–H groups in total. The molecule has 1 aliphatic rings. The van der Waals surface area contributed by atoms with Crippen molar-refractivity contribution in [3.05, 3.63) is 68.7 Å². The second-order valence-corrected chi connectivity index (χ2v) is 9.27. The first-order chi connectivity index (χ1) is 17.2. The lowest BCUT2D eigenvalue weighted by atomic mass is 10.2. The Labute approximate surface area is 206 Å². The van der Waals surface area contributed by atoms with Crippen LogP contribution in [0.4, 0.5) is 0 Å². The lowest BCUT2D eigenvalue weighted by Crippen LogP contribution is -2.26. The number of thiazole rings is 1. The van der Waals surface area contributed by atoms with Crippen LogP contribution in [-0.2, 0) is 0 Å². The molecule has 8 nitrogen and oxygen atoms in total. The van der Waals surface area contributed by atoms with Crippen molar-refractivity contribution in [2.75, 3.05) is 20.3 Å². The van der Waals surface area contributed by atoms with Crippen molar-refractivity contribution in [2.24, 2.45) is 0 Å². The zero-order chi connectivity index (χ0) is 24.2. The quantitative estimate of drug-likeness (QED) is 0.324. The predicted octanol–water partition coefficient (Wildman–Crippen LogP) is 4.18. The van der Waals surface area contributed by atoms with Crippen LogP contribution in [0.5, 0.6) is 23.0 Å². The summed E-state index contributed by atoms with van der Waals surface area (Å²) in [6.07, 6.45) is 5.91. The Hall–Kier alpha value is -3.59. The van der Waals surface area contributed by atoms with E-state index in [9.17, 15) is 4.79 Å².